The fourth-order valence-electron chi connectivity index (χ4n) is 2.13. The molecule has 0 saturated heterocycles. The van der Waals surface area contributed by atoms with Gasteiger partial charge in [0.15, 0.2) is 17.5 Å². The minimum atomic E-state index is -2.91. The van der Waals surface area contributed by atoms with Crippen LogP contribution in [0.3, 0.4) is 0 Å². The van der Waals surface area contributed by atoms with E-state index in [1.54, 1.807) is 24.9 Å². The minimum Gasteiger partial charge on any atom is -0.454 e. The normalized spacial score (nSPS) is 13.3. The Kier molecular flexibility index (Phi) is 7.23. The molecule has 0 bridgehead atoms. The molecule has 0 fully saturated rings. The van der Waals surface area contributed by atoms with Gasteiger partial charge in [0.1, 0.15) is 5.75 Å². The molecule has 0 saturated carbocycles. The molecule has 24 heavy (non-hydrogen) atoms. The lowest BCUT2D eigenvalue weighted by Gasteiger charge is -2.15. The molecule has 1 aliphatic heterocycles. The van der Waals surface area contributed by atoms with Crippen LogP contribution in [0.2, 0.25) is 0 Å². The second kappa shape index (κ2) is 9.41. The van der Waals surface area contributed by atoms with Crippen LogP contribution in [0.5, 0.6) is 17.2 Å². The zero-order valence-corrected chi connectivity index (χ0v) is 14.4. The van der Waals surface area contributed by atoms with Crippen LogP contribution in [-0.2, 0) is 6.54 Å². The molecular formula is C15H21F2N3O3S. The highest BCUT2D eigenvalue weighted by Gasteiger charge is 2.20. The predicted molar refractivity (Wildman–Crippen MR) is 90.4 cm³/mol. The third-order valence-corrected chi connectivity index (χ3v) is 3.96. The van der Waals surface area contributed by atoms with Crippen molar-refractivity contribution < 1.29 is 23.0 Å². The number of halogens is 2. The van der Waals surface area contributed by atoms with Crippen LogP contribution in [0.25, 0.3) is 0 Å². The number of hydrogen-bond donors (Lipinski definition) is 2. The summed E-state index contributed by atoms with van der Waals surface area (Å²) in [5.74, 6) is 2.61. The van der Waals surface area contributed by atoms with Crippen molar-refractivity contribution in [3.63, 3.8) is 0 Å². The molecule has 0 radical (unpaired) electrons. The van der Waals surface area contributed by atoms with E-state index in [9.17, 15) is 8.78 Å². The Morgan fingerprint density at radius 2 is 2.08 bits per heavy atom. The molecule has 1 aliphatic rings. The number of rotatable bonds is 8. The highest BCUT2D eigenvalue weighted by atomic mass is 32.2. The Bertz CT molecular complexity index is 573. The van der Waals surface area contributed by atoms with E-state index in [0.717, 1.165) is 18.7 Å². The van der Waals surface area contributed by atoms with Gasteiger partial charge < -0.3 is 24.8 Å². The lowest BCUT2D eigenvalue weighted by molar-refractivity contribution is -0.0505. The molecule has 2 N–H and O–H groups in total. The van der Waals surface area contributed by atoms with Gasteiger partial charge in [0, 0.05) is 31.8 Å². The highest BCUT2D eigenvalue weighted by Crippen LogP contribution is 2.38. The SMILES string of the molecule is CN=C(NCCCSC)NCc1cc2c(cc1OC(F)F)OCO2. The molecule has 6 nitrogen and oxygen atoms in total. The fourth-order valence-corrected chi connectivity index (χ4v) is 2.57. The molecule has 0 aliphatic carbocycles. The third kappa shape index (κ3) is 5.33. The first-order valence-corrected chi connectivity index (χ1v) is 8.84. The molecule has 1 aromatic rings. The van der Waals surface area contributed by atoms with Gasteiger partial charge in [-0.2, -0.15) is 20.5 Å². The molecule has 134 valence electrons. The first kappa shape index (κ1) is 18.4. The van der Waals surface area contributed by atoms with Crippen molar-refractivity contribution in [3.8, 4) is 17.2 Å². The van der Waals surface area contributed by atoms with Crippen LogP contribution in [0.1, 0.15) is 12.0 Å². The van der Waals surface area contributed by atoms with E-state index in [4.69, 9.17) is 9.47 Å². The maximum absolute atomic E-state index is 12.6. The van der Waals surface area contributed by atoms with Crippen molar-refractivity contribution >= 4 is 17.7 Å². The number of fused-ring (bicyclic) bond motifs is 1. The molecule has 9 heteroatoms. The Morgan fingerprint density at radius 1 is 1.33 bits per heavy atom. The zero-order valence-electron chi connectivity index (χ0n) is 13.6. The van der Waals surface area contributed by atoms with Crippen LogP contribution in [0.4, 0.5) is 8.78 Å². The molecule has 0 aromatic heterocycles. The molecule has 0 unspecified atom stereocenters. The van der Waals surface area contributed by atoms with Crippen molar-refractivity contribution in [1.82, 2.24) is 10.6 Å². The summed E-state index contributed by atoms with van der Waals surface area (Å²) in [6, 6.07) is 3.05. The molecule has 0 spiro atoms. The standard InChI is InChI=1S/C15H21F2N3O3S/c1-18-15(19-4-3-5-24-2)20-8-10-6-12-13(22-9-21-12)7-11(10)23-14(16)17/h6-7,14H,3-5,8-9H2,1-2H3,(H2,18,19,20). The second-order valence-corrected chi connectivity index (χ2v) is 5.88. The molecule has 0 atom stereocenters. The number of guanidine groups is 1. The topological polar surface area (TPSA) is 64.1 Å². The summed E-state index contributed by atoms with van der Waals surface area (Å²) in [5.41, 5.74) is 0.534. The van der Waals surface area contributed by atoms with E-state index in [1.165, 1.54) is 6.07 Å². The maximum Gasteiger partial charge on any atom is 0.387 e. The number of ether oxygens (including phenoxy) is 3. The number of nitrogens with one attached hydrogen (secondary N) is 2. The van der Waals surface area contributed by atoms with Gasteiger partial charge in [-0.3, -0.25) is 4.99 Å². The van der Waals surface area contributed by atoms with Crippen LogP contribution >= 0.6 is 11.8 Å². The van der Waals surface area contributed by atoms with E-state index in [0.29, 0.717) is 23.0 Å². The summed E-state index contributed by atoms with van der Waals surface area (Å²) in [4.78, 5) is 4.11. The maximum atomic E-state index is 12.6. The monoisotopic (exact) mass is 361 g/mol. The van der Waals surface area contributed by atoms with E-state index in [-0.39, 0.29) is 19.1 Å². The molecule has 1 heterocycles. The van der Waals surface area contributed by atoms with Gasteiger partial charge in [0.05, 0.1) is 0 Å². The second-order valence-electron chi connectivity index (χ2n) is 4.89. The molecule has 1 aromatic carbocycles. The first-order chi connectivity index (χ1) is 11.6. The fraction of sp³-hybridized carbons (Fsp3) is 0.533. The van der Waals surface area contributed by atoms with Gasteiger partial charge in [0.2, 0.25) is 6.79 Å². The lowest BCUT2D eigenvalue weighted by Crippen LogP contribution is -2.37. The van der Waals surface area contributed by atoms with Gasteiger partial charge in [-0.1, -0.05) is 0 Å². The smallest absolute Gasteiger partial charge is 0.387 e. The number of benzene rings is 1. The van der Waals surface area contributed by atoms with E-state index in [2.05, 4.69) is 26.6 Å². The summed E-state index contributed by atoms with van der Waals surface area (Å²) >= 11 is 1.78. The minimum absolute atomic E-state index is 0.0552. The summed E-state index contributed by atoms with van der Waals surface area (Å²) in [5, 5.41) is 6.25. The average Bonchev–Trinajstić information content (AvgIpc) is 3.00. The summed E-state index contributed by atoms with van der Waals surface area (Å²) in [6.07, 6.45) is 3.06. The van der Waals surface area contributed by atoms with E-state index < -0.39 is 6.61 Å². The third-order valence-electron chi connectivity index (χ3n) is 3.26. The van der Waals surface area contributed by atoms with Crippen molar-refractivity contribution in [1.29, 1.82) is 0 Å². The molecule has 2 rings (SSSR count). The average molecular weight is 361 g/mol. The van der Waals surface area contributed by atoms with Crippen LogP contribution in [-0.4, -0.2) is 45.0 Å². The predicted octanol–water partition coefficient (Wildman–Crippen LogP) is 2.43. The first-order valence-electron chi connectivity index (χ1n) is 7.44. The van der Waals surface area contributed by atoms with Crippen LogP contribution < -0.4 is 24.8 Å². The van der Waals surface area contributed by atoms with Crippen LogP contribution in [0, 0.1) is 0 Å². The van der Waals surface area contributed by atoms with Crippen LogP contribution in [0.15, 0.2) is 17.1 Å². The quantitative estimate of drug-likeness (QED) is 0.421. The van der Waals surface area contributed by atoms with Crippen molar-refractivity contribution in [2.45, 2.75) is 19.6 Å². The number of hydrogen-bond acceptors (Lipinski definition) is 5. The van der Waals surface area contributed by atoms with Gasteiger partial charge in [-0.15, -0.1) is 0 Å². The largest absolute Gasteiger partial charge is 0.454 e. The van der Waals surface area contributed by atoms with E-state index >= 15 is 0 Å². The number of aliphatic imine (C=N–C) groups is 1. The van der Waals surface area contributed by atoms with Gasteiger partial charge >= 0.3 is 6.61 Å². The summed E-state index contributed by atoms with van der Waals surface area (Å²) < 4.78 is 40.3. The van der Waals surface area contributed by atoms with Gasteiger partial charge in [-0.25, -0.2) is 0 Å². The number of thioether (sulfide) groups is 1. The van der Waals surface area contributed by atoms with Crippen molar-refractivity contribution in [2.24, 2.45) is 4.99 Å². The number of nitrogens with zero attached hydrogens (tertiary/aromatic N) is 1. The van der Waals surface area contributed by atoms with Crippen molar-refractivity contribution in [3.05, 3.63) is 17.7 Å². The number of alkyl halides is 2. The van der Waals surface area contributed by atoms with Crippen molar-refractivity contribution in [2.75, 3.05) is 32.4 Å². The molecule has 0 amide bonds. The Hall–Kier alpha value is -1.90. The van der Waals surface area contributed by atoms with E-state index in [1.807, 2.05) is 0 Å². The molecular weight excluding hydrogens is 340 g/mol. The Labute approximate surface area is 143 Å². The Morgan fingerprint density at radius 3 is 2.75 bits per heavy atom. The lowest BCUT2D eigenvalue weighted by atomic mass is 10.1. The Balaban J connectivity index is 1.99. The zero-order chi connectivity index (χ0) is 17.4. The van der Waals surface area contributed by atoms with Gasteiger partial charge in [-0.05, 0) is 24.5 Å². The van der Waals surface area contributed by atoms with Gasteiger partial charge in [0.25, 0.3) is 0 Å². The summed E-state index contributed by atoms with van der Waals surface area (Å²) in [6.45, 7) is -1.80. The highest BCUT2D eigenvalue weighted by molar-refractivity contribution is 7.98. The summed E-state index contributed by atoms with van der Waals surface area (Å²) in [7, 11) is 1.65.